The first kappa shape index (κ1) is 18.6. The van der Waals surface area contributed by atoms with Crippen LogP contribution >= 0.6 is 0 Å². The van der Waals surface area contributed by atoms with Gasteiger partial charge in [-0.05, 0) is 48.9 Å². The van der Waals surface area contributed by atoms with Crippen LogP contribution in [-0.4, -0.2) is 52.2 Å². The van der Waals surface area contributed by atoms with Gasteiger partial charge in [0.25, 0.3) is 0 Å². The van der Waals surface area contributed by atoms with Crippen molar-refractivity contribution in [3.05, 3.63) is 52.7 Å². The lowest BCUT2D eigenvalue weighted by molar-refractivity contribution is -0.132. The zero-order chi connectivity index (χ0) is 21.1. The predicted octanol–water partition coefficient (Wildman–Crippen LogP) is 2.86. The molecule has 160 valence electrons. The van der Waals surface area contributed by atoms with E-state index in [1.54, 1.807) is 17.3 Å². The Morgan fingerprint density at radius 2 is 1.97 bits per heavy atom. The average Bonchev–Trinajstić information content (AvgIpc) is 3.41. The van der Waals surface area contributed by atoms with Crippen LogP contribution in [0.3, 0.4) is 0 Å². The van der Waals surface area contributed by atoms with Crippen molar-refractivity contribution in [3.8, 4) is 11.5 Å². The number of hydrogen-bond acceptors (Lipinski definition) is 5. The highest BCUT2D eigenvalue weighted by Crippen LogP contribution is 2.41. The van der Waals surface area contributed by atoms with E-state index in [0.29, 0.717) is 38.0 Å². The minimum absolute atomic E-state index is 0.00313. The Balaban J connectivity index is 1.45. The highest BCUT2D eigenvalue weighted by atomic mass is 19.1. The van der Waals surface area contributed by atoms with Gasteiger partial charge in [0, 0.05) is 31.1 Å². The number of pyridine rings is 1. The number of rotatable bonds is 1. The van der Waals surface area contributed by atoms with E-state index >= 15 is 0 Å². The van der Waals surface area contributed by atoms with Gasteiger partial charge < -0.3 is 14.4 Å². The van der Waals surface area contributed by atoms with Gasteiger partial charge >= 0.3 is 0 Å². The van der Waals surface area contributed by atoms with Crippen molar-refractivity contribution in [2.45, 2.75) is 37.5 Å². The zero-order valence-electron chi connectivity index (χ0n) is 17.3. The summed E-state index contributed by atoms with van der Waals surface area (Å²) in [6.45, 7) is 1.63. The molecule has 7 nitrogen and oxygen atoms in total. The van der Waals surface area contributed by atoms with E-state index in [9.17, 15) is 9.18 Å². The molecule has 1 fully saturated rings. The zero-order valence-corrected chi connectivity index (χ0v) is 17.3. The molecular formula is C23H23FN4O3. The van der Waals surface area contributed by atoms with Gasteiger partial charge in [0.05, 0.1) is 24.8 Å². The summed E-state index contributed by atoms with van der Waals surface area (Å²) in [6, 6.07) is 5.24. The summed E-state index contributed by atoms with van der Waals surface area (Å²) in [7, 11) is 1.84. The Hall–Kier alpha value is -3.16. The highest BCUT2D eigenvalue weighted by molar-refractivity contribution is 5.78. The van der Waals surface area contributed by atoms with Crippen LogP contribution in [0.2, 0.25) is 0 Å². The first-order valence-electron chi connectivity index (χ1n) is 10.8. The molecule has 0 bridgehead atoms. The van der Waals surface area contributed by atoms with Gasteiger partial charge in [-0.25, -0.2) is 4.39 Å². The Labute approximate surface area is 178 Å². The number of ether oxygens (including phenoxy) is 2. The summed E-state index contributed by atoms with van der Waals surface area (Å²) in [6.07, 6.45) is 4.16. The molecule has 1 aromatic carbocycles. The van der Waals surface area contributed by atoms with Crippen molar-refractivity contribution in [2.24, 2.45) is 0 Å². The number of fused-ring (bicyclic) bond motifs is 3. The van der Waals surface area contributed by atoms with Crippen LogP contribution in [0, 0.1) is 5.82 Å². The highest BCUT2D eigenvalue weighted by Gasteiger charge is 2.33. The van der Waals surface area contributed by atoms with Crippen molar-refractivity contribution < 1.29 is 18.7 Å². The van der Waals surface area contributed by atoms with Gasteiger partial charge in [-0.15, -0.1) is 10.2 Å². The van der Waals surface area contributed by atoms with Gasteiger partial charge in [-0.1, -0.05) is 0 Å². The fraction of sp³-hybridized carbons (Fsp3) is 0.435. The summed E-state index contributed by atoms with van der Waals surface area (Å²) in [5, 5.41) is 8.51. The minimum Gasteiger partial charge on any atom is -0.493 e. The van der Waals surface area contributed by atoms with Crippen molar-refractivity contribution in [2.75, 3.05) is 26.8 Å². The number of aromatic nitrogens is 3. The first-order valence-corrected chi connectivity index (χ1v) is 10.8. The number of carbonyl (C=O) groups is 1. The van der Waals surface area contributed by atoms with Crippen molar-refractivity contribution >= 4 is 11.6 Å². The number of benzene rings is 1. The molecule has 2 atom stereocenters. The third-order valence-electron chi connectivity index (χ3n) is 6.93. The van der Waals surface area contributed by atoms with Gasteiger partial charge in [-0.2, -0.15) is 0 Å². The van der Waals surface area contributed by atoms with E-state index in [0.717, 1.165) is 46.9 Å². The van der Waals surface area contributed by atoms with Crippen LogP contribution < -0.4 is 9.47 Å². The topological polar surface area (TPSA) is 69.0 Å². The summed E-state index contributed by atoms with van der Waals surface area (Å²) in [5.41, 5.74) is 4.33. The monoisotopic (exact) mass is 422 g/mol. The maximum Gasteiger partial charge on any atom is 0.222 e. The van der Waals surface area contributed by atoms with Gasteiger partial charge in [0.1, 0.15) is 23.6 Å². The second kappa shape index (κ2) is 6.93. The number of amides is 1. The van der Waals surface area contributed by atoms with Crippen LogP contribution in [-0.2, 0) is 17.6 Å². The molecular weight excluding hydrogens is 399 g/mol. The molecule has 3 aliphatic rings. The van der Waals surface area contributed by atoms with E-state index in [1.165, 1.54) is 6.07 Å². The second-order valence-corrected chi connectivity index (χ2v) is 8.70. The summed E-state index contributed by atoms with van der Waals surface area (Å²) in [5.74, 6) is 1.54. The van der Waals surface area contributed by atoms with E-state index in [4.69, 9.17) is 9.47 Å². The molecule has 0 radical (unpaired) electrons. The molecule has 0 spiro atoms. The number of aryl methyl sites for hydroxylation is 1. The van der Waals surface area contributed by atoms with Crippen LogP contribution in [0.5, 0.6) is 11.5 Å². The van der Waals surface area contributed by atoms with Gasteiger partial charge in [-0.3, -0.25) is 9.20 Å². The van der Waals surface area contributed by atoms with Crippen LogP contribution in [0.1, 0.15) is 47.1 Å². The lowest BCUT2D eigenvalue weighted by Crippen LogP contribution is -2.35. The Bertz CT molecular complexity index is 1210. The van der Waals surface area contributed by atoms with Gasteiger partial charge in [0.15, 0.2) is 5.65 Å². The van der Waals surface area contributed by atoms with E-state index < -0.39 is 0 Å². The molecule has 1 amide bonds. The molecule has 0 N–H and O–H groups in total. The lowest BCUT2D eigenvalue weighted by atomic mass is 9.89. The molecule has 5 heterocycles. The number of likely N-dealkylation sites (tertiary alicyclic amines) is 1. The predicted molar refractivity (Wildman–Crippen MR) is 110 cm³/mol. The summed E-state index contributed by atoms with van der Waals surface area (Å²) < 4.78 is 28.8. The summed E-state index contributed by atoms with van der Waals surface area (Å²) >= 11 is 0. The molecule has 0 saturated carbocycles. The van der Waals surface area contributed by atoms with Crippen molar-refractivity contribution in [1.82, 2.24) is 19.5 Å². The molecule has 8 heteroatoms. The number of nitrogens with zero attached hydrogens (tertiary/aromatic N) is 4. The minimum atomic E-state index is -0.195. The van der Waals surface area contributed by atoms with Crippen LogP contribution in [0.4, 0.5) is 4.39 Å². The SMILES string of the molecule is CN1CC[C@@H](c2cc3c(n4cnnc24)CCc2c(F)ccc4c2[C@H](CO4)CO3)CC1=O. The third kappa shape index (κ3) is 2.88. The number of halogens is 1. The fourth-order valence-electron chi connectivity index (χ4n) is 5.20. The van der Waals surface area contributed by atoms with Crippen molar-refractivity contribution in [1.29, 1.82) is 0 Å². The largest absolute Gasteiger partial charge is 0.493 e. The standard InChI is InChI=1S/C23H23FN4O3/c1-27-7-6-13(8-21(27)29)16-9-20-18(28-12-25-26-23(16)28)4-2-15-17(24)3-5-19-22(15)14(10-30-19)11-31-20/h3,5,9,12-14H,2,4,6-8,10-11H2,1H3/t13-,14-/m1/s1. The molecule has 1 saturated heterocycles. The van der Waals surface area contributed by atoms with Crippen LogP contribution in [0.15, 0.2) is 24.5 Å². The van der Waals surface area contributed by atoms with E-state index in [-0.39, 0.29) is 23.6 Å². The Kier molecular flexibility index (Phi) is 4.16. The van der Waals surface area contributed by atoms with Gasteiger partial charge in [0.2, 0.25) is 5.91 Å². The second-order valence-electron chi connectivity index (χ2n) is 8.70. The average molecular weight is 422 g/mol. The maximum absolute atomic E-state index is 14.7. The fourth-order valence-corrected chi connectivity index (χ4v) is 5.20. The molecule has 3 aromatic rings. The molecule has 6 rings (SSSR count). The third-order valence-corrected chi connectivity index (χ3v) is 6.93. The Morgan fingerprint density at radius 3 is 2.81 bits per heavy atom. The molecule has 3 aliphatic heterocycles. The lowest BCUT2D eigenvalue weighted by Gasteiger charge is -2.29. The molecule has 31 heavy (non-hydrogen) atoms. The smallest absolute Gasteiger partial charge is 0.222 e. The maximum atomic E-state index is 14.7. The quantitative estimate of drug-likeness (QED) is 0.603. The summed E-state index contributed by atoms with van der Waals surface area (Å²) in [4.78, 5) is 14.1. The van der Waals surface area contributed by atoms with E-state index in [1.807, 2.05) is 17.5 Å². The Morgan fingerprint density at radius 1 is 1.13 bits per heavy atom. The number of piperidine rings is 1. The number of hydrogen-bond donors (Lipinski definition) is 0. The molecule has 0 aliphatic carbocycles. The van der Waals surface area contributed by atoms with Crippen LogP contribution in [0.25, 0.3) is 5.65 Å². The van der Waals surface area contributed by atoms with Crippen molar-refractivity contribution in [3.63, 3.8) is 0 Å². The normalized spacial score (nSPS) is 22.8. The number of carbonyl (C=O) groups excluding carboxylic acids is 1. The van der Waals surface area contributed by atoms with E-state index in [2.05, 4.69) is 10.2 Å². The first-order chi connectivity index (χ1) is 15.1. The molecule has 2 aromatic heterocycles. The molecule has 0 unspecified atom stereocenters.